The van der Waals surface area contributed by atoms with Crippen LogP contribution in [0.1, 0.15) is 51.2 Å². The zero-order valence-corrected chi connectivity index (χ0v) is 20.8. The number of benzene rings is 2. The molecule has 0 aliphatic carbocycles. The summed E-state index contributed by atoms with van der Waals surface area (Å²) in [5.41, 5.74) is -0.443. The van der Waals surface area contributed by atoms with Gasteiger partial charge in [0, 0.05) is 6.42 Å². The topological polar surface area (TPSA) is 64.6 Å². The Morgan fingerprint density at radius 3 is 2.31 bits per heavy atom. The van der Waals surface area contributed by atoms with Crippen LogP contribution in [0.5, 0.6) is 5.75 Å². The summed E-state index contributed by atoms with van der Waals surface area (Å²) in [7, 11) is 1.30. The van der Waals surface area contributed by atoms with Crippen molar-refractivity contribution in [1.82, 2.24) is 0 Å². The van der Waals surface area contributed by atoms with Gasteiger partial charge in [-0.2, -0.15) is 13.2 Å². The van der Waals surface area contributed by atoms with Crippen LogP contribution in [0.2, 0.25) is 5.02 Å². The third kappa shape index (κ3) is 8.13. The van der Waals surface area contributed by atoms with Crippen molar-refractivity contribution in [2.24, 2.45) is 5.92 Å². The molecule has 10 heteroatoms. The molecule has 2 unspecified atom stereocenters. The number of rotatable bonds is 8. The molecule has 0 bridgehead atoms. The van der Waals surface area contributed by atoms with Crippen LogP contribution in [0, 0.1) is 11.7 Å². The SMILES string of the molecule is COc1cc(C(C(=O)Nc2cc(CCC(=O)OC(C)(C)C)ccc2F)C(C)C(F)(F)F)ccc1Cl. The van der Waals surface area contributed by atoms with Crippen LogP contribution >= 0.6 is 11.6 Å². The number of carbonyl (C=O) groups is 2. The van der Waals surface area contributed by atoms with Gasteiger partial charge in [-0.1, -0.05) is 30.7 Å². The first-order valence-corrected chi connectivity index (χ1v) is 11.2. The van der Waals surface area contributed by atoms with Gasteiger partial charge in [0.05, 0.1) is 29.7 Å². The Morgan fingerprint density at radius 1 is 1.09 bits per heavy atom. The number of nitrogens with one attached hydrogen (secondary N) is 1. The van der Waals surface area contributed by atoms with Crippen LogP contribution in [-0.4, -0.2) is 30.8 Å². The predicted octanol–water partition coefficient (Wildman–Crippen LogP) is 6.68. The molecule has 0 radical (unpaired) electrons. The summed E-state index contributed by atoms with van der Waals surface area (Å²) in [6, 6.07) is 7.67. The van der Waals surface area contributed by atoms with Crippen LogP contribution in [0.3, 0.4) is 0 Å². The van der Waals surface area contributed by atoms with Crippen molar-refractivity contribution in [3.05, 3.63) is 58.4 Å². The second kappa shape index (κ2) is 11.3. The van der Waals surface area contributed by atoms with E-state index in [9.17, 15) is 27.2 Å². The van der Waals surface area contributed by atoms with Crippen molar-refractivity contribution in [1.29, 1.82) is 0 Å². The van der Waals surface area contributed by atoms with Gasteiger partial charge < -0.3 is 14.8 Å². The number of amides is 1. The normalized spacial score (nSPS) is 13.7. The number of ether oxygens (including phenoxy) is 2. The molecule has 2 aromatic carbocycles. The average molecular weight is 518 g/mol. The summed E-state index contributed by atoms with van der Waals surface area (Å²) in [6.07, 6.45) is -4.51. The van der Waals surface area contributed by atoms with E-state index in [1.54, 1.807) is 20.8 Å². The smallest absolute Gasteiger partial charge is 0.392 e. The van der Waals surface area contributed by atoms with Gasteiger partial charge >= 0.3 is 12.1 Å². The fourth-order valence-electron chi connectivity index (χ4n) is 3.40. The highest BCUT2D eigenvalue weighted by atomic mass is 35.5. The molecule has 2 atom stereocenters. The number of hydrogen-bond acceptors (Lipinski definition) is 4. The van der Waals surface area contributed by atoms with E-state index in [0.717, 1.165) is 13.0 Å². The maximum atomic E-state index is 14.5. The van der Waals surface area contributed by atoms with Crippen molar-refractivity contribution >= 4 is 29.2 Å². The second-order valence-electron chi connectivity index (χ2n) is 9.09. The van der Waals surface area contributed by atoms with E-state index in [0.29, 0.717) is 5.56 Å². The van der Waals surface area contributed by atoms with Gasteiger partial charge in [0.2, 0.25) is 5.91 Å². The quantitative estimate of drug-likeness (QED) is 0.313. The zero-order valence-electron chi connectivity index (χ0n) is 20.1. The summed E-state index contributed by atoms with van der Waals surface area (Å²) < 4.78 is 65.6. The summed E-state index contributed by atoms with van der Waals surface area (Å²) in [6.45, 7) is 6.06. The third-order valence-electron chi connectivity index (χ3n) is 5.16. The number of aryl methyl sites for hydroxylation is 1. The number of anilines is 1. The molecule has 0 saturated carbocycles. The molecule has 0 spiro atoms. The fourth-order valence-corrected chi connectivity index (χ4v) is 3.59. The Hall–Kier alpha value is -2.81. The Bertz CT molecular complexity index is 1070. The first-order chi connectivity index (χ1) is 16.1. The number of methoxy groups -OCH3 is 1. The van der Waals surface area contributed by atoms with Crippen LogP contribution in [0.4, 0.5) is 23.2 Å². The number of carbonyl (C=O) groups excluding carboxylic acids is 2. The Morgan fingerprint density at radius 2 is 1.74 bits per heavy atom. The molecule has 1 N–H and O–H groups in total. The zero-order chi connectivity index (χ0) is 26.6. The Labute approximate surface area is 206 Å². The van der Waals surface area contributed by atoms with E-state index in [1.165, 1.54) is 37.4 Å². The van der Waals surface area contributed by atoms with Crippen molar-refractivity contribution < 1.29 is 36.6 Å². The first-order valence-electron chi connectivity index (χ1n) is 10.8. The van der Waals surface area contributed by atoms with Crippen LogP contribution < -0.4 is 10.1 Å². The summed E-state index contributed by atoms with van der Waals surface area (Å²) in [5, 5.41) is 2.44. The number of esters is 1. The van der Waals surface area contributed by atoms with Gasteiger partial charge in [-0.3, -0.25) is 9.59 Å². The van der Waals surface area contributed by atoms with Crippen molar-refractivity contribution in [3.8, 4) is 5.75 Å². The lowest BCUT2D eigenvalue weighted by Crippen LogP contribution is -2.34. The maximum Gasteiger partial charge on any atom is 0.392 e. The molecular formula is C25H28ClF4NO4. The summed E-state index contributed by atoms with van der Waals surface area (Å²) in [4.78, 5) is 25.0. The monoisotopic (exact) mass is 517 g/mol. The van der Waals surface area contributed by atoms with Crippen molar-refractivity contribution in [2.75, 3.05) is 12.4 Å². The van der Waals surface area contributed by atoms with E-state index >= 15 is 0 Å². The van der Waals surface area contributed by atoms with E-state index in [4.69, 9.17) is 21.1 Å². The highest BCUT2D eigenvalue weighted by Gasteiger charge is 2.45. The molecule has 1 amide bonds. The molecule has 192 valence electrons. The highest BCUT2D eigenvalue weighted by molar-refractivity contribution is 6.32. The predicted molar refractivity (Wildman–Crippen MR) is 125 cm³/mol. The lowest BCUT2D eigenvalue weighted by molar-refractivity contribution is -0.178. The molecular weight excluding hydrogens is 490 g/mol. The molecule has 0 aliphatic rings. The average Bonchev–Trinajstić information content (AvgIpc) is 2.73. The van der Waals surface area contributed by atoms with Crippen LogP contribution in [-0.2, 0) is 20.7 Å². The molecule has 2 rings (SSSR count). The molecule has 0 heterocycles. The number of halogens is 5. The Kier molecular flexibility index (Phi) is 9.17. The van der Waals surface area contributed by atoms with Gasteiger partial charge in [-0.15, -0.1) is 0 Å². The van der Waals surface area contributed by atoms with Crippen LogP contribution in [0.15, 0.2) is 36.4 Å². The second-order valence-corrected chi connectivity index (χ2v) is 9.50. The minimum Gasteiger partial charge on any atom is -0.495 e. The number of alkyl halides is 3. The largest absolute Gasteiger partial charge is 0.495 e. The molecule has 35 heavy (non-hydrogen) atoms. The van der Waals surface area contributed by atoms with Gasteiger partial charge in [-0.25, -0.2) is 4.39 Å². The molecule has 0 saturated heterocycles. The van der Waals surface area contributed by atoms with Gasteiger partial charge in [0.1, 0.15) is 17.2 Å². The fraction of sp³-hybridized carbons (Fsp3) is 0.440. The lowest BCUT2D eigenvalue weighted by Gasteiger charge is -2.26. The van der Waals surface area contributed by atoms with E-state index in [1.807, 2.05) is 0 Å². The molecule has 5 nitrogen and oxygen atoms in total. The van der Waals surface area contributed by atoms with E-state index in [-0.39, 0.29) is 34.9 Å². The maximum absolute atomic E-state index is 14.5. The molecule has 0 aliphatic heterocycles. The van der Waals surface area contributed by atoms with E-state index < -0.39 is 41.3 Å². The van der Waals surface area contributed by atoms with E-state index in [2.05, 4.69) is 5.32 Å². The highest BCUT2D eigenvalue weighted by Crippen LogP contribution is 2.40. The number of hydrogen-bond donors (Lipinski definition) is 1. The standard InChI is InChI=1S/C25H28ClF4NO4/c1-14(25(28,29)30)22(16-8-9-17(26)20(13-16)34-5)23(33)31-19-12-15(6-10-18(19)27)7-11-21(32)35-24(2,3)4/h6,8-10,12-14,22H,7,11H2,1-5H3,(H,31,33). The van der Waals surface area contributed by atoms with Gasteiger partial charge in [-0.05, 0) is 62.6 Å². The molecule has 0 aromatic heterocycles. The molecule has 0 fully saturated rings. The van der Waals surface area contributed by atoms with Gasteiger partial charge in [0.15, 0.2) is 0 Å². The minimum absolute atomic E-state index is 0.00852. The minimum atomic E-state index is -4.71. The summed E-state index contributed by atoms with van der Waals surface area (Å²) in [5.74, 6) is -6.03. The Balaban J connectivity index is 2.30. The van der Waals surface area contributed by atoms with Gasteiger partial charge in [0.25, 0.3) is 0 Å². The van der Waals surface area contributed by atoms with Crippen molar-refractivity contribution in [3.63, 3.8) is 0 Å². The lowest BCUT2D eigenvalue weighted by atomic mass is 9.85. The van der Waals surface area contributed by atoms with Crippen LogP contribution in [0.25, 0.3) is 0 Å². The first kappa shape index (κ1) is 28.4. The summed E-state index contributed by atoms with van der Waals surface area (Å²) >= 11 is 5.98. The third-order valence-corrected chi connectivity index (χ3v) is 5.47. The van der Waals surface area contributed by atoms with Crippen molar-refractivity contribution in [2.45, 2.75) is 58.2 Å². The molecule has 2 aromatic rings.